The molecule has 0 bridgehead atoms. The van der Waals surface area contributed by atoms with Crippen molar-refractivity contribution in [2.75, 3.05) is 0 Å². The van der Waals surface area contributed by atoms with E-state index >= 15 is 0 Å². The summed E-state index contributed by atoms with van der Waals surface area (Å²) in [5, 5.41) is 4.22. The van der Waals surface area contributed by atoms with Gasteiger partial charge in [-0.25, -0.2) is 5.43 Å². The SMILES string of the molecule is O=C(NN=Cc1ccc[nH]1)c1ccccc1Cl. The quantitative estimate of drug-likeness (QED) is 0.635. The van der Waals surface area contributed by atoms with E-state index in [-0.39, 0.29) is 5.91 Å². The van der Waals surface area contributed by atoms with E-state index in [9.17, 15) is 4.79 Å². The third-order valence-corrected chi connectivity index (χ3v) is 2.44. The van der Waals surface area contributed by atoms with Gasteiger partial charge in [0.25, 0.3) is 5.91 Å². The van der Waals surface area contributed by atoms with E-state index in [1.54, 1.807) is 30.5 Å². The molecule has 0 saturated heterocycles. The second-order valence-electron chi connectivity index (χ2n) is 3.30. The molecule has 0 fully saturated rings. The number of halogens is 1. The highest BCUT2D eigenvalue weighted by Gasteiger charge is 2.07. The van der Waals surface area contributed by atoms with E-state index in [1.807, 2.05) is 12.1 Å². The summed E-state index contributed by atoms with van der Waals surface area (Å²) in [6.45, 7) is 0. The molecular weight excluding hydrogens is 238 g/mol. The number of aromatic nitrogens is 1. The van der Waals surface area contributed by atoms with Crippen LogP contribution < -0.4 is 5.43 Å². The summed E-state index contributed by atoms with van der Waals surface area (Å²) in [5.41, 5.74) is 3.61. The Morgan fingerprint density at radius 1 is 1.29 bits per heavy atom. The van der Waals surface area contributed by atoms with Crippen LogP contribution in [-0.2, 0) is 0 Å². The molecule has 1 amide bonds. The number of hydrogen-bond donors (Lipinski definition) is 2. The first-order valence-electron chi connectivity index (χ1n) is 4.98. The molecule has 1 aromatic carbocycles. The van der Waals surface area contributed by atoms with Crippen molar-refractivity contribution >= 4 is 23.7 Å². The van der Waals surface area contributed by atoms with Crippen LogP contribution in [0.25, 0.3) is 0 Å². The van der Waals surface area contributed by atoms with Crippen molar-refractivity contribution in [3.63, 3.8) is 0 Å². The Morgan fingerprint density at radius 3 is 2.82 bits per heavy atom. The zero-order valence-corrected chi connectivity index (χ0v) is 9.61. The number of hydrogen-bond acceptors (Lipinski definition) is 2. The molecular formula is C12H10ClN3O. The molecule has 0 radical (unpaired) electrons. The Kier molecular flexibility index (Phi) is 3.57. The van der Waals surface area contributed by atoms with Crippen LogP contribution in [0.3, 0.4) is 0 Å². The molecule has 0 unspecified atom stereocenters. The molecule has 2 aromatic rings. The number of hydrazone groups is 1. The summed E-state index contributed by atoms with van der Waals surface area (Å²) in [5.74, 6) is -0.335. The highest BCUT2D eigenvalue weighted by molar-refractivity contribution is 6.33. The van der Waals surface area contributed by atoms with Crippen molar-refractivity contribution in [3.8, 4) is 0 Å². The number of rotatable bonds is 3. The molecule has 4 nitrogen and oxygen atoms in total. The molecule has 5 heteroatoms. The van der Waals surface area contributed by atoms with Crippen LogP contribution in [0.1, 0.15) is 16.1 Å². The average molecular weight is 248 g/mol. The fraction of sp³-hybridized carbons (Fsp3) is 0. The standard InChI is InChI=1S/C12H10ClN3O/c13-11-6-2-1-5-10(11)12(17)16-15-8-9-4-3-7-14-9/h1-8,14H,(H,16,17). The Morgan fingerprint density at radius 2 is 2.12 bits per heavy atom. The van der Waals surface area contributed by atoms with Gasteiger partial charge in [0.2, 0.25) is 0 Å². The highest BCUT2D eigenvalue weighted by Crippen LogP contribution is 2.14. The van der Waals surface area contributed by atoms with Crippen LogP contribution in [0.2, 0.25) is 5.02 Å². The zero-order valence-electron chi connectivity index (χ0n) is 8.85. The van der Waals surface area contributed by atoms with Gasteiger partial charge in [-0.05, 0) is 24.3 Å². The van der Waals surface area contributed by atoms with Gasteiger partial charge in [-0.1, -0.05) is 23.7 Å². The second-order valence-corrected chi connectivity index (χ2v) is 3.71. The lowest BCUT2D eigenvalue weighted by Crippen LogP contribution is -2.17. The number of carbonyl (C=O) groups excluding carboxylic acids is 1. The maximum atomic E-state index is 11.7. The number of aromatic amines is 1. The van der Waals surface area contributed by atoms with E-state index in [0.717, 1.165) is 5.69 Å². The smallest absolute Gasteiger partial charge is 0.272 e. The number of nitrogens with zero attached hydrogens (tertiary/aromatic N) is 1. The first-order chi connectivity index (χ1) is 8.27. The van der Waals surface area contributed by atoms with Crippen molar-refractivity contribution in [3.05, 3.63) is 58.9 Å². The molecule has 0 saturated carbocycles. The molecule has 0 aliphatic rings. The average Bonchev–Trinajstić information content (AvgIpc) is 2.82. The van der Waals surface area contributed by atoms with Crippen LogP contribution in [0.4, 0.5) is 0 Å². The summed E-state index contributed by atoms with van der Waals surface area (Å²) in [4.78, 5) is 14.6. The fourth-order valence-electron chi connectivity index (χ4n) is 1.29. The first-order valence-corrected chi connectivity index (χ1v) is 5.36. The minimum absolute atomic E-state index is 0.335. The summed E-state index contributed by atoms with van der Waals surface area (Å²) < 4.78 is 0. The number of amides is 1. The van der Waals surface area contributed by atoms with Crippen molar-refractivity contribution in [1.82, 2.24) is 10.4 Å². The van der Waals surface area contributed by atoms with Gasteiger partial charge in [-0.2, -0.15) is 5.10 Å². The Labute approximate surface area is 103 Å². The molecule has 0 atom stereocenters. The Bertz CT molecular complexity index is 534. The van der Waals surface area contributed by atoms with E-state index < -0.39 is 0 Å². The van der Waals surface area contributed by atoms with Crippen LogP contribution in [-0.4, -0.2) is 17.1 Å². The van der Waals surface area contributed by atoms with Crippen molar-refractivity contribution in [1.29, 1.82) is 0 Å². The summed E-state index contributed by atoms with van der Waals surface area (Å²) in [6, 6.07) is 10.5. The maximum Gasteiger partial charge on any atom is 0.272 e. The number of carbonyl (C=O) groups is 1. The molecule has 86 valence electrons. The van der Waals surface area contributed by atoms with E-state index in [4.69, 9.17) is 11.6 Å². The number of H-pyrrole nitrogens is 1. The molecule has 0 aliphatic carbocycles. The van der Waals surface area contributed by atoms with Gasteiger partial charge in [0.15, 0.2) is 0 Å². The van der Waals surface area contributed by atoms with Crippen molar-refractivity contribution < 1.29 is 4.79 Å². The van der Waals surface area contributed by atoms with Crippen LogP contribution >= 0.6 is 11.6 Å². The normalized spacial score (nSPS) is 10.6. The summed E-state index contributed by atoms with van der Waals surface area (Å²) in [6.07, 6.45) is 3.30. The summed E-state index contributed by atoms with van der Waals surface area (Å²) >= 11 is 5.88. The van der Waals surface area contributed by atoms with Crippen LogP contribution in [0.5, 0.6) is 0 Å². The molecule has 0 aliphatic heterocycles. The van der Waals surface area contributed by atoms with Crippen molar-refractivity contribution in [2.45, 2.75) is 0 Å². The Balaban J connectivity index is 2.01. The van der Waals surface area contributed by atoms with Gasteiger partial charge in [-0.15, -0.1) is 0 Å². The lowest BCUT2D eigenvalue weighted by Gasteiger charge is -2.01. The zero-order chi connectivity index (χ0) is 12.1. The van der Waals surface area contributed by atoms with Gasteiger partial charge in [0, 0.05) is 6.20 Å². The molecule has 0 spiro atoms. The van der Waals surface area contributed by atoms with Gasteiger partial charge < -0.3 is 4.98 Å². The van der Waals surface area contributed by atoms with Gasteiger partial charge >= 0.3 is 0 Å². The molecule has 1 heterocycles. The van der Waals surface area contributed by atoms with E-state index in [2.05, 4.69) is 15.5 Å². The predicted molar refractivity (Wildman–Crippen MR) is 67.3 cm³/mol. The minimum atomic E-state index is -0.335. The lowest BCUT2D eigenvalue weighted by atomic mass is 10.2. The number of benzene rings is 1. The topological polar surface area (TPSA) is 57.2 Å². The number of nitrogens with one attached hydrogen (secondary N) is 2. The lowest BCUT2D eigenvalue weighted by molar-refractivity contribution is 0.0955. The highest BCUT2D eigenvalue weighted by atomic mass is 35.5. The molecule has 17 heavy (non-hydrogen) atoms. The fourth-order valence-corrected chi connectivity index (χ4v) is 1.51. The largest absolute Gasteiger partial charge is 0.360 e. The van der Waals surface area contributed by atoms with Crippen molar-refractivity contribution in [2.24, 2.45) is 5.10 Å². The minimum Gasteiger partial charge on any atom is -0.360 e. The van der Waals surface area contributed by atoms with E-state index in [1.165, 1.54) is 6.21 Å². The molecule has 1 aromatic heterocycles. The molecule has 2 rings (SSSR count). The maximum absolute atomic E-state index is 11.7. The van der Waals surface area contributed by atoms with Gasteiger partial charge in [-0.3, -0.25) is 4.79 Å². The van der Waals surface area contributed by atoms with Crippen LogP contribution in [0.15, 0.2) is 47.7 Å². The monoisotopic (exact) mass is 247 g/mol. The first kappa shape index (κ1) is 11.4. The second kappa shape index (κ2) is 5.32. The van der Waals surface area contributed by atoms with E-state index in [0.29, 0.717) is 10.6 Å². The van der Waals surface area contributed by atoms with Crippen LogP contribution in [0, 0.1) is 0 Å². The van der Waals surface area contributed by atoms with Gasteiger partial charge in [0.05, 0.1) is 22.5 Å². The predicted octanol–water partition coefficient (Wildman–Crippen LogP) is 2.43. The third kappa shape index (κ3) is 2.95. The third-order valence-electron chi connectivity index (χ3n) is 2.11. The van der Waals surface area contributed by atoms with Gasteiger partial charge in [0.1, 0.15) is 0 Å². The molecule has 2 N–H and O–H groups in total. The summed E-state index contributed by atoms with van der Waals surface area (Å²) in [7, 11) is 0. The Hall–Kier alpha value is -2.07.